The number of sulfonamides is 1. The molecule has 1 atom stereocenters. The number of nitrogens with two attached hydrogens (primary N) is 1. The summed E-state index contributed by atoms with van der Waals surface area (Å²) in [6.45, 7) is 7.28. The average Bonchev–Trinajstić information content (AvgIpc) is 2.61. The SMILES string of the molecule is CCCc1ccc(S(=O)(=O)N2CCN(C(=O)[C@@H](N)C(C)C)CC2)cc1. The summed E-state index contributed by atoms with van der Waals surface area (Å²) in [6, 6.07) is 6.56. The van der Waals surface area contributed by atoms with Crippen molar-refractivity contribution < 1.29 is 13.2 Å². The molecule has 1 fully saturated rings. The van der Waals surface area contributed by atoms with Crippen LogP contribution in [0.1, 0.15) is 32.8 Å². The third-order valence-electron chi connectivity index (χ3n) is 4.65. The van der Waals surface area contributed by atoms with Crippen molar-refractivity contribution in [2.75, 3.05) is 26.2 Å². The van der Waals surface area contributed by atoms with E-state index in [1.54, 1.807) is 17.0 Å². The quantitative estimate of drug-likeness (QED) is 0.825. The molecule has 1 aliphatic heterocycles. The zero-order chi connectivity index (χ0) is 18.6. The number of benzene rings is 1. The van der Waals surface area contributed by atoms with E-state index in [9.17, 15) is 13.2 Å². The van der Waals surface area contributed by atoms with Crippen molar-refractivity contribution in [3.8, 4) is 0 Å². The molecule has 1 aromatic rings. The molecular formula is C18H29N3O3S. The van der Waals surface area contributed by atoms with Crippen molar-refractivity contribution in [3.63, 3.8) is 0 Å². The van der Waals surface area contributed by atoms with Gasteiger partial charge in [-0.25, -0.2) is 8.42 Å². The van der Waals surface area contributed by atoms with Crippen LogP contribution in [0.15, 0.2) is 29.2 Å². The molecule has 0 unspecified atom stereocenters. The minimum Gasteiger partial charge on any atom is -0.339 e. The molecule has 2 rings (SSSR count). The van der Waals surface area contributed by atoms with E-state index in [4.69, 9.17) is 5.73 Å². The van der Waals surface area contributed by atoms with E-state index in [1.165, 1.54) is 4.31 Å². The van der Waals surface area contributed by atoms with Crippen molar-refractivity contribution in [2.24, 2.45) is 11.7 Å². The van der Waals surface area contributed by atoms with E-state index in [2.05, 4.69) is 6.92 Å². The fourth-order valence-electron chi connectivity index (χ4n) is 2.91. The van der Waals surface area contributed by atoms with Crippen LogP contribution >= 0.6 is 0 Å². The van der Waals surface area contributed by atoms with Crippen LogP contribution in [0.5, 0.6) is 0 Å². The molecule has 0 spiro atoms. The predicted molar refractivity (Wildman–Crippen MR) is 98.6 cm³/mol. The summed E-state index contributed by atoms with van der Waals surface area (Å²) in [5.41, 5.74) is 7.06. The Bertz CT molecular complexity index is 678. The second-order valence-corrected chi connectivity index (χ2v) is 8.83. The van der Waals surface area contributed by atoms with Gasteiger partial charge in [0.1, 0.15) is 0 Å². The fraction of sp³-hybridized carbons (Fsp3) is 0.611. The number of carbonyl (C=O) groups is 1. The number of aryl methyl sites for hydroxylation is 1. The minimum atomic E-state index is -3.52. The van der Waals surface area contributed by atoms with E-state index >= 15 is 0 Å². The normalized spacial score (nSPS) is 17.7. The first-order chi connectivity index (χ1) is 11.8. The summed E-state index contributed by atoms with van der Waals surface area (Å²) in [5, 5.41) is 0. The van der Waals surface area contributed by atoms with E-state index in [1.807, 2.05) is 26.0 Å². The molecule has 1 amide bonds. The highest BCUT2D eigenvalue weighted by Crippen LogP contribution is 2.19. The molecule has 1 aromatic carbocycles. The van der Waals surface area contributed by atoms with E-state index in [0.717, 1.165) is 18.4 Å². The first kappa shape index (κ1) is 19.9. The number of rotatable bonds is 6. The number of amides is 1. The number of nitrogens with zero attached hydrogens (tertiary/aromatic N) is 2. The molecule has 0 aliphatic carbocycles. The molecule has 7 heteroatoms. The third-order valence-corrected chi connectivity index (χ3v) is 6.57. The van der Waals surface area contributed by atoms with Crippen LogP contribution in [-0.4, -0.2) is 55.8 Å². The average molecular weight is 368 g/mol. The first-order valence-electron chi connectivity index (χ1n) is 8.90. The fourth-order valence-corrected chi connectivity index (χ4v) is 4.33. The zero-order valence-corrected chi connectivity index (χ0v) is 16.1. The summed E-state index contributed by atoms with van der Waals surface area (Å²) in [7, 11) is -3.52. The molecule has 0 radical (unpaired) electrons. The molecule has 0 bridgehead atoms. The second-order valence-electron chi connectivity index (χ2n) is 6.89. The minimum absolute atomic E-state index is 0.0656. The Morgan fingerprint density at radius 1 is 1.12 bits per heavy atom. The van der Waals surface area contributed by atoms with Crippen LogP contribution in [0.25, 0.3) is 0 Å². The van der Waals surface area contributed by atoms with Crippen LogP contribution < -0.4 is 5.73 Å². The Balaban J connectivity index is 2.02. The summed E-state index contributed by atoms with van der Waals surface area (Å²) < 4.78 is 27.0. The number of hydrogen-bond donors (Lipinski definition) is 1. The van der Waals surface area contributed by atoms with Crippen molar-refractivity contribution in [1.29, 1.82) is 0 Å². The van der Waals surface area contributed by atoms with Gasteiger partial charge in [-0.3, -0.25) is 4.79 Å². The smallest absolute Gasteiger partial charge is 0.243 e. The van der Waals surface area contributed by atoms with Gasteiger partial charge >= 0.3 is 0 Å². The largest absolute Gasteiger partial charge is 0.339 e. The predicted octanol–water partition coefficient (Wildman–Crippen LogP) is 1.46. The lowest BCUT2D eigenvalue weighted by atomic mass is 10.0. The Morgan fingerprint density at radius 2 is 1.68 bits per heavy atom. The molecule has 1 heterocycles. The lowest BCUT2D eigenvalue weighted by Crippen LogP contribution is -2.55. The van der Waals surface area contributed by atoms with Crippen molar-refractivity contribution in [3.05, 3.63) is 29.8 Å². The molecular weight excluding hydrogens is 338 g/mol. The van der Waals surface area contributed by atoms with Crippen LogP contribution in [0.4, 0.5) is 0 Å². The van der Waals surface area contributed by atoms with Gasteiger partial charge in [-0.15, -0.1) is 0 Å². The Morgan fingerprint density at radius 3 is 2.16 bits per heavy atom. The standard InChI is InChI=1S/C18H29N3O3S/c1-4-5-15-6-8-16(9-7-15)25(23,24)21-12-10-20(11-13-21)18(22)17(19)14(2)3/h6-9,14,17H,4-5,10-13,19H2,1-3H3/t17-/m0/s1. The summed E-state index contributed by atoms with van der Waals surface area (Å²) in [5.74, 6) is -0.0353. The third kappa shape index (κ3) is 4.59. The van der Waals surface area contributed by atoms with Gasteiger partial charge in [0.25, 0.3) is 0 Å². The highest BCUT2D eigenvalue weighted by Gasteiger charge is 2.32. The Kier molecular flexibility index (Phi) is 6.59. The molecule has 6 nitrogen and oxygen atoms in total. The van der Waals surface area contributed by atoms with Gasteiger partial charge < -0.3 is 10.6 Å². The Labute approximate surface area is 151 Å². The van der Waals surface area contributed by atoms with Gasteiger partial charge in [0, 0.05) is 26.2 Å². The van der Waals surface area contributed by atoms with Crippen LogP contribution in [0.2, 0.25) is 0 Å². The van der Waals surface area contributed by atoms with Gasteiger partial charge in [0.2, 0.25) is 15.9 Å². The van der Waals surface area contributed by atoms with Crippen LogP contribution in [-0.2, 0) is 21.2 Å². The van der Waals surface area contributed by atoms with E-state index in [-0.39, 0.29) is 11.8 Å². The summed E-state index contributed by atoms with van der Waals surface area (Å²) in [6.07, 6.45) is 1.97. The lowest BCUT2D eigenvalue weighted by Gasteiger charge is -2.35. The molecule has 140 valence electrons. The molecule has 2 N–H and O–H groups in total. The number of piperazine rings is 1. The number of carbonyl (C=O) groups excluding carboxylic acids is 1. The molecule has 1 saturated heterocycles. The number of hydrogen-bond acceptors (Lipinski definition) is 4. The highest BCUT2D eigenvalue weighted by molar-refractivity contribution is 7.89. The maximum absolute atomic E-state index is 12.8. The molecule has 0 aromatic heterocycles. The maximum atomic E-state index is 12.8. The van der Waals surface area contributed by atoms with Crippen LogP contribution in [0.3, 0.4) is 0 Å². The molecule has 0 saturated carbocycles. The summed E-state index contributed by atoms with van der Waals surface area (Å²) >= 11 is 0. The first-order valence-corrected chi connectivity index (χ1v) is 10.3. The van der Waals surface area contributed by atoms with Gasteiger partial charge in [-0.05, 0) is 30.0 Å². The van der Waals surface area contributed by atoms with E-state index < -0.39 is 16.1 Å². The molecule has 1 aliphatic rings. The topological polar surface area (TPSA) is 83.7 Å². The van der Waals surface area contributed by atoms with Crippen LogP contribution in [0, 0.1) is 5.92 Å². The lowest BCUT2D eigenvalue weighted by molar-refractivity contribution is -0.134. The van der Waals surface area contributed by atoms with Gasteiger partial charge in [-0.1, -0.05) is 39.3 Å². The Hall–Kier alpha value is -1.44. The maximum Gasteiger partial charge on any atom is 0.243 e. The molecule has 25 heavy (non-hydrogen) atoms. The van der Waals surface area contributed by atoms with Crippen molar-refractivity contribution in [2.45, 2.75) is 44.6 Å². The van der Waals surface area contributed by atoms with E-state index in [0.29, 0.717) is 31.1 Å². The van der Waals surface area contributed by atoms with Crippen molar-refractivity contribution >= 4 is 15.9 Å². The van der Waals surface area contributed by atoms with Gasteiger partial charge in [-0.2, -0.15) is 4.31 Å². The highest BCUT2D eigenvalue weighted by atomic mass is 32.2. The van der Waals surface area contributed by atoms with Crippen molar-refractivity contribution in [1.82, 2.24) is 9.21 Å². The zero-order valence-electron chi connectivity index (χ0n) is 15.3. The van der Waals surface area contributed by atoms with Gasteiger partial charge in [0.15, 0.2) is 0 Å². The second kappa shape index (κ2) is 8.29. The monoisotopic (exact) mass is 367 g/mol. The van der Waals surface area contributed by atoms with Gasteiger partial charge in [0.05, 0.1) is 10.9 Å². The summed E-state index contributed by atoms with van der Waals surface area (Å²) in [4.78, 5) is 14.3.